The van der Waals surface area contributed by atoms with E-state index < -0.39 is 0 Å². The zero-order chi connectivity index (χ0) is 15.7. The minimum absolute atomic E-state index is 0. The quantitative estimate of drug-likeness (QED) is 0.935. The average molecular weight is 336 g/mol. The molecule has 0 bridgehead atoms. The first-order valence-electron chi connectivity index (χ1n) is 7.66. The number of carbonyl (C=O) groups excluding carboxylic acids is 1. The number of amides is 1. The molecule has 5 nitrogen and oxygen atoms in total. The molecule has 124 valence electrons. The van der Waals surface area contributed by atoms with Crippen molar-refractivity contribution in [1.29, 1.82) is 0 Å². The number of aromatic nitrogens is 1. The fraction of sp³-hybridized carbons (Fsp3) is 0.412. The number of hydrogen-bond acceptors (Lipinski definition) is 4. The maximum Gasteiger partial charge on any atom is 0.259 e. The fourth-order valence-corrected chi connectivity index (χ4v) is 3.14. The van der Waals surface area contributed by atoms with E-state index in [-0.39, 0.29) is 30.3 Å². The van der Waals surface area contributed by atoms with Crippen LogP contribution in [0.3, 0.4) is 0 Å². The predicted molar refractivity (Wildman–Crippen MR) is 90.9 cm³/mol. The van der Waals surface area contributed by atoms with Gasteiger partial charge in [0.05, 0.1) is 5.69 Å². The molecule has 0 radical (unpaired) electrons. The number of aryl methyl sites for hydroxylation is 2. The Kier molecular flexibility index (Phi) is 5.44. The van der Waals surface area contributed by atoms with Crippen molar-refractivity contribution < 1.29 is 9.32 Å². The molecule has 2 N–H and O–H groups in total. The van der Waals surface area contributed by atoms with Gasteiger partial charge in [-0.15, -0.1) is 12.4 Å². The molecule has 2 heterocycles. The van der Waals surface area contributed by atoms with Gasteiger partial charge in [-0.1, -0.05) is 42.4 Å². The van der Waals surface area contributed by atoms with Crippen LogP contribution in [0.4, 0.5) is 0 Å². The van der Waals surface area contributed by atoms with Gasteiger partial charge in [0, 0.05) is 25.0 Å². The standard InChI is InChI=1S/C17H21N3O2.ClH/c1-3-15-16(11(2)22-19-15)17(21)20-9-13(14(18)10-20)12-7-5-4-6-8-12;/h4-8,13-14H,3,9-10,18H2,1-2H3;1H/t13-,14+;/m0./s1. The van der Waals surface area contributed by atoms with E-state index in [1.165, 1.54) is 5.56 Å². The van der Waals surface area contributed by atoms with Gasteiger partial charge in [0.1, 0.15) is 11.3 Å². The number of benzene rings is 1. The molecule has 6 heteroatoms. The van der Waals surface area contributed by atoms with Gasteiger partial charge in [0.25, 0.3) is 5.91 Å². The SMILES string of the molecule is CCc1noc(C)c1C(=O)N1C[C@@H](N)[C@H](c2ccccc2)C1.Cl. The number of nitrogens with zero attached hydrogens (tertiary/aromatic N) is 2. The van der Waals surface area contributed by atoms with Gasteiger partial charge >= 0.3 is 0 Å². The first-order chi connectivity index (χ1) is 10.6. The summed E-state index contributed by atoms with van der Waals surface area (Å²) in [5.41, 5.74) is 8.77. The van der Waals surface area contributed by atoms with Gasteiger partial charge in [-0.25, -0.2) is 0 Å². The molecule has 2 atom stereocenters. The number of carbonyl (C=O) groups is 1. The zero-order valence-corrected chi connectivity index (χ0v) is 14.2. The Morgan fingerprint density at radius 3 is 2.70 bits per heavy atom. The highest BCUT2D eigenvalue weighted by Gasteiger charge is 2.36. The highest BCUT2D eigenvalue weighted by molar-refractivity contribution is 5.96. The molecule has 0 aliphatic carbocycles. The minimum atomic E-state index is -0.0448. The van der Waals surface area contributed by atoms with Crippen LogP contribution in [0.1, 0.15) is 40.2 Å². The Morgan fingerprint density at radius 1 is 1.35 bits per heavy atom. The number of nitrogens with two attached hydrogens (primary N) is 1. The number of rotatable bonds is 3. The first-order valence-corrected chi connectivity index (χ1v) is 7.66. The molecule has 0 spiro atoms. The molecule has 1 saturated heterocycles. The lowest BCUT2D eigenvalue weighted by atomic mass is 9.95. The largest absolute Gasteiger partial charge is 0.361 e. The third-order valence-electron chi connectivity index (χ3n) is 4.36. The Balaban J connectivity index is 0.00000192. The van der Waals surface area contributed by atoms with Crippen LogP contribution in [-0.2, 0) is 6.42 Å². The Hall–Kier alpha value is -1.85. The van der Waals surface area contributed by atoms with Gasteiger partial charge in [-0.05, 0) is 18.9 Å². The highest BCUT2D eigenvalue weighted by atomic mass is 35.5. The van der Waals surface area contributed by atoms with E-state index in [1.54, 1.807) is 6.92 Å². The van der Waals surface area contributed by atoms with Crippen LogP contribution < -0.4 is 5.73 Å². The molecular formula is C17H22ClN3O2. The van der Waals surface area contributed by atoms with E-state index in [0.29, 0.717) is 30.8 Å². The first kappa shape index (κ1) is 17.5. The van der Waals surface area contributed by atoms with Crippen molar-refractivity contribution in [3.8, 4) is 0 Å². The summed E-state index contributed by atoms with van der Waals surface area (Å²) in [6.07, 6.45) is 0.681. The van der Waals surface area contributed by atoms with Crippen LogP contribution in [-0.4, -0.2) is 35.1 Å². The highest BCUT2D eigenvalue weighted by Crippen LogP contribution is 2.28. The Morgan fingerprint density at radius 2 is 2.04 bits per heavy atom. The van der Waals surface area contributed by atoms with E-state index in [0.717, 1.165) is 5.69 Å². The van der Waals surface area contributed by atoms with Crippen LogP contribution >= 0.6 is 12.4 Å². The second-order valence-corrected chi connectivity index (χ2v) is 5.81. The van der Waals surface area contributed by atoms with E-state index in [9.17, 15) is 4.79 Å². The van der Waals surface area contributed by atoms with Gasteiger partial charge in [-0.2, -0.15) is 0 Å². The van der Waals surface area contributed by atoms with E-state index in [4.69, 9.17) is 10.3 Å². The van der Waals surface area contributed by atoms with Crippen LogP contribution in [0, 0.1) is 6.92 Å². The maximum atomic E-state index is 12.8. The lowest BCUT2D eigenvalue weighted by molar-refractivity contribution is 0.0786. The van der Waals surface area contributed by atoms with Gasteiger partial charge < -0.3 is 15.2 Å². The number of hydrogen-bond donors (Lipinski definition) is 1. The predicted octanol–water partition coefficient (Wildman–Crippen LogP) is 2.53. The van der Waals surface area contributed by atoms with E-state index in [1.807, 2.05) is 30.0 Å². The molecule has 1 aliphatic heterocycles. The van der Waals surface area contributed by atoms with Gasteiger partial charge in [-0.3, -0.25) is 4.79 Å². The molecule has 2 aromatic rings. The monoisotopic (exact) mass is 335 g/mol. The Labute approximate surface area is 142 Å². The summed E-state index contributed by atoms with van der Waals surface area (Å²) in [6.45, 7) is 4.95. The van der Waals surface area contributed by atoms with Crippen molar-refractivity contribution in [3.05, 3.63) is 52.9 Å². The summed E-state index contributed by atoms with van der Waals surface area (Å²) in [5, 5.41) is 3.97. The van der Waals surface area contributed by atoms with Crippen molar-refractivity contribution >= 4 is 18.3 Å². The molecule has 3 rings (SSSR count). The van der Waals surface area contributed by atoms with Crippen molar-refractivity contribution in [3.63, 3.8) is 0 Å². The molecule has 1 aromatic heterocycles. The normalized spacial score (nSPS) is 20.4. The fourth-order valence-electron chi connectivity index (χ4n) is 3.14. The van der Waals surface area contributed by atoms with Crippen LogP contribution in [0.2, 0.25) is 0 Å². The van der Waals surface area contributed by atoms with Crippen molar-refractivity contribution in [2.45, 2.75) is 32.2 Å². The second-order valence-electron chi connectivity index (χ2n) is 5.81. The number of halogens is 1. The summed E-state index contributed by atoms with van der Waals surface area (Å²) in [4.78, 5) is 14.6. The minimum Gasteiger partial charge on any atom is -0.361 e. The summed E-state index contributed by atoms with van der Waals surface area (Å²) in [7, 11) is 0. The average Bonchev–Trinajstić information content (AvgIpc) is 3.10. The molecule has 0 saturated carbocycles. The third kappa shape index (κ3) is 3.26. The molecule has 1 aromatic carbocycles. The van der Waals surface area contributed by atoms with Crippen molar-refractivity contribution in [2.24, 2.45) is 5.73 Å². The molecule has 1 amide bonds. The summed E-state index contributed by atoms with van der Waals surface area (Å²) < 4.78 is 5.18. The van der Waals surface area contributed by atoms with Gasteiger partial charge in [0.2, 0.25) is 0 Å². The van der Waals surface area contributed by atoms with Crippen molar-refractivity contribution in [2.75, 3.05) is 13.1 Å². The molecule has 1 aliphatic rings. The third-order valence-corrected chi connectivity index (χ3v) is 4.36. The van der Waals surface area contributed by atoms with Crippen molar-refractivity contribution in [1.82, 2.24) is 10.1 Å². The maximum absolute atomic E-state index is 12.8. The molecule has 1 fully saturated rings. The van der Waals surface area contributed by atoms with Gasteiger partial charge in [0.15, 0.2) is 0 Å². The molecule has 23 heavy (non-hydrogen) atoms. The Bertz CT molecular complexity index is 672. The lowest BCUT2D eigenvalue weighted by Gasteiger charge is -2.16. The second kappa shape index (κ2) is 7.15. The van der Waals surface area contributed by atoms with Crippen LogP contribution in [0.5, 0.6) is 0 Å². The van der Waals surface area contributed by atoms with E-state index in [2.05, 4.69) is 17.3 Å². The molecular weight excluding hydrogens is 314 g/mol. The smallest absolute Gasteiger partial charge is 0.259 e. The molecule has 0 unspecified atom stereocenters. The zero-order valence-electron chi connectivity index (χ0n) is 13.4. The number of likely N-dealkylation sites (tertiary alicyclic amines) is 1. The summed E-state index contributed by atoms with van der Waals surface area (Å²) >= 11 is 0. The lowest BCUT2D eigenvalue weighted by Crippen LogP contribution is -2.32. The van der Waals surface area contributed by atoms with E-state index >= 15 is 0 Å². The van der Waals surface area contributed by atoms with Crippen LogP contribution in [0.25, 0.3) is 0 Å². The summed E-state index contributed by atoms with van der Waals surface area (Å²) in [5.74, 6) is 0.735. The summed E-state index contributed by atoms with van der Waals surface area (Å²) in [6, 6.07) is 10.1. The van der Waals surface area contributed by atoms with Crippen LogP contribution in [0.15, 0.2) is 34.9 Å². The topological polar surface area (TPSA) is 72.4 Å².